The molecule has 0 saturated carbocycles. The molecule has 0 aliphatic carbocycles. The fourth-order valence-electron chi connectivity index (χ4n) is 10.2. The third kappa shape index (κ3) is 43.5. The molecule has 0 saturated heterocycles. The molecule has 1 aromatic rings. The molecule has 0 fully saturated rings. The lowest BCUT2D eigenvalue weighted by molar-refractivity contribution is -0.0583. The molecule has 6 nitrogen and oxygen atoms in total. The van der Waals surface area contributed by atoms with Crippen molar-refractivity contribution in [1.82, 2.24) is 0 Å². The fraction of sp³-hybridized carbons (Fsp3) is 0.869. The third-order valence-corrected chi connectivity index (χ3v) is 14.5. The number of nitrogens with two attached hydrogens (primary N) is 2. The molecule has 392 valence electrons. The van der Waals surface area contributed by atoms with Gasteiger partial charge in [-0.2, -0.15) is 0 Å². The molecule has 1 rings (SSSR count). The van der Waals surface area contributed by atoms with Gasteiger partial charge >= 0.3 is 12.2 Å². The zero-order chi connectivity index (χ0) is 48.4. The van der Waals surface area contributed by atoms with Crippen LogP contribution < -0.4 is 11.5 Å². The van der Waals surface area contributed by atoms with Gasteiger partial charge in [0.2, 0.25) is 0 Å². The molecule has 0 aliphatic rings. The minimum atomic E-state index is -1.22. The van der Waals surface area contributed by atoms with E-state index in [1.54, 1.807) is 0 Å². The number of primary amides is 2. The summed E-state index contributed by atoms with van der Waals surface area (Å²) in [6.07, 6.45) is 65.7. The van der Waals surface area contributed by atoms with Crippen LogP contribution in [0.1, 0.15) is 345 Å². The molecule has 0 radical (unpaired) electrons. The molecule has 6 heteroatoms. The molecule has 0 heterocycles. The van der Waals surface area contributed by atoms with Crippen LogP contribution in [-0.4, -0.2) is 12.2 Å². The van der Waals surface area contributed by atoms with Gasteiger partial charge in [0.05, 0.1) is 0 Å². The standard InChI is InChI=1S/C61H114N2O4/c1-3-5-7-9-11-13-14-15-16-17-18-19-20-21-22-23-24-25-26-27-28-29-30-31-32-33-34-35-36-37-38-39-40-41-42-43-44-46-48-50-52-57-55-56(51-49-47-45-12-10-8-6-4-2)53-54-58(57)59(66-60(62)64)67-61(63)65/h53-55,59H,3-52H2,1-2H3,(H2,62,64)(H2,63,65). The highest BCUT2D eigenvalue weighted by Crippen LogP contribution is 2.27. The Morgan fingerprint density at radius 1 is 0.343 bits per heavy atom. The van der Waals surface area contributed by atoms with Crippen molar-refractivity contribution in [3.63, 3.8) is 0 Å². The number of amides is 2. The molecule has 67 heavy (non-hydrogen) atoms. The molecular formula is C61H114N2O4. The molecular weight excluding hydrogens is 825 g/mol. The average molecular weight is 940 g/mol. The molecule has 2 amide bonds. The molecule has 0 unspecified atom stereocenters. The van der Waals surface area contributed by atoms with Crippen molar-refractivity contribution in [2.75, 3.05) is 0 Å². The number of rotatable bonds is 53. The Morgan fingerprint density at radius 3 is 0.806 bits per heavy atom. The van der Waals surface area contributed by atoms with E-state index in [2.05, 4.69) is 19.9 Å². The second-order valence-corrected chi connectivity index (χ2v) is 21.0. The summed E-state index contributed by atoms with van der Waals surface area (Å²) in [5, 5.41) is 0. The Bertz CT molecular complexity index is 1190. The number of ether oxygens (including phenoxy) is 2. The van der Waals surface area contributed by atoms with E-state index in [1.165, 1.54) is 295 Å². The summed E-state index contributed by atoms with van der Waals surface area (Å²) in [5.41, 5.74) is 13.6. The number of hydrogen-bond acceptors (Lipinski definition) is 4. The Kier molecular flexibility index (Phi) is 47.0. The van der Waals surface area contributed by atoms with Crippen molar-refractivity contribution in [3.05, 3.63) is 34.9 Å². The Labute approximate surface area is 417 Å². The quantitative estimate of drug-likeness (QED) is 0.0501. The van der Waals surface area contributed by atoms with Crippen LogP contribution in [0.5, 0.6) is 0 Å². The first kappa shape index (κ1) is 62.8. The van der Waals surface area contributed by atoms with Crippen molar-refractivity contribution in [2.24, 2.45) is 11.5 Å². The first-order valence-corrected chi connectivity index (χ1v) is 30.0. The van der Waals surface area contributed by atoms with E-state index in [4.69, 9.17) is 20.9 Å². The summed E-state index contributed by atoms with van der Waals surface area (Å²) in [5.74, 6) is 0. The summed E-state index contributed by atoms with van der Waals surface area (Å²) in [7, 11) is 0. The van der Waals surface area contributed by atoms with Gasteiger partial charge in [-0.3, -0.25) is 0 Å². The van der Waals surface area contributed by atoms with Gasteiger partial charge in [0.15, 0.2) is 0 Å². The molecule has 0 aliphatic heterocycles. The lowest BCUT2D eigenvalue weighted by Crippen LogP contribution is -2.25. The van der Waals surface area contributed by atoms with Gasteiger partial charge in [-0.15, -0.1) is 0 Å². The summed E-state index contributed by atoms with van der Waals surface area (Å²) in [6.45, 7) is 4.57. The van der Waals surface area contributed by atoms with E-state index in [9.17, 15) is 9.59 Å². The van der Waals surface area contributed by atoms with Crippen molar-refractivity contribution in [3.8, 4) is 0 Å². The lowest BCUT2D eigenvalue weighted by atomic mass is 9.95. The van der Waals surface area contributed by atoms with Crippen molar-refractivity contribution < 1.29 is 19.1 Å². The van der Waals surface area contributed by atoms with Crippen LogP contribution in [0.4, 0.5) is 9.59 Å². The largest absolute Gasteiger partial charge is 0.407 e. The maximum atomic E-state index is 11.6. The summed E-state index contributed by atoms with van der Waals surface area (Å²) >= 11 is 0. The van der Waals surface area contributed by atoms with E-state index < -0.39 is 18.5 Å². The van der Waals surface area contributed by atoms with Crippen molar-refractivity contribution >= 4 is 12.2 Å². The SMILES string of the molecule is CCCCCCCCCCCCCCCCCCCCCCCCCCCCCCCCCCCCCCCCCCc1cc(CCCCCCCCCC)ccc1C(OC(N)=O)OC(N)=O. The normalized spacial score (nSPS) is 11.5. The van der Waals surface area contributed by atoms with Crippen LogP contribution in [-0.2, 0) is 22.3 Å². The zero-order valence-electron chi connectivity index (χ0n) is 45.0. The van der Waals surface area contributed by atoms with Crippen molar-refractivity contribution in [2.45, 2.75) is 341 Å². The van der Waals surface area contributed by atoms with Gasteiger partial charge in [-0.25, -0.2) is 9.59 Å². The van der Waals surface area contributed by atoms with Gasteiger partial charge in [0.25, 0.3) is 6.29 Å². The van der Waals surface area contributed by atoms with E-state index in [-0.39, 0.29) is 0 Å². The summed E-state index contributed by atoms with van der Waals surface area (Å²) < 4.78 is 10.4. The van der Waals surface area contributed by atoms with Gasteiger partial charge in [0, 0.05) is 5.56 Å². The van der Waals surface area contributed by atoms with Crippen LogP contribution in [0.2, 0.25) is 0 Å². The smallest absolute Gasteiger partial charge is 0.405 e. The zero-order valence-corrected chi connectivity index (χ0v) is 45.0. The highest BCUT2D eigenvalue weighted by atomic mass is 16.7. The second kappa shape index (κ2) is 50.2. The monoisotopic (exact) mass is 939 g/mol. The van der Waals surface area contributed by atoms with E-state index in [1.807, 2.05) is 12.1 Å². The number of unbranched alkanes of at least 4 members (excludes halogenated alkanes) is 46. The molecule has 0 atom stereocenters. The minimum absolute atomic E-state index is 0.657. The Balaban J connectivity index is 1.93. The average Bonchev–Trinajstić information content (AvgIpc) is 3.31. The maximum Gasteiger partial charge on any atom is 0.407 e. The van der Waals surface area contributed by atoms with Crippen LogP contribution in [0.3, 0.4) is 0 Å². The van der Waals surface area contributed by atoms with Gasteiger partial charge in [-0.05, 0) is 36.8 Å². The number of hydrogen-bond donors (Lipinski definition) is 2. The van der Waals surface area contributed by atoms with Crippen LogP contribution in [0, 0.1) is 0 Å². The van der Waals surface area contributed by atoms with Crippen LogP contribution >= 0.6 is 0 Å². The van der Waals surface area contributed by atoms with Gasteiger partial charge < -0.3 is 20.9 Å². The van der Waals surface area contributed by atoms with Crippen LogP contribution in [0.25, 0.3) is 0 Å². The predicted octanol–water partition coefficient (Wildman–Crippen LogP) is 20.7. The Morgan fingerprint density at radius 2 is 0.567 bits per heavy atom. The van der Waals surface area contributed by atoms with E-state index in [0.29, 0.717) is 5.56 Å². The van der Waals surface area contributed by atoms with Crippen molar-refractivity contribution in [1.29, 1.82) is 0 Å². The first-order chi connectivity index (χ1) is 33.0. The predicted molar refractivity (Wildman–Crippen MR) is 291 cm³/mol. The fourth-order valence-corrected chi connectivity index (χ4v) is 10.2. The summed E-state index contributed by atoms with van der Waals surface area (Å²) in [6, 6.07) is 6.16. The molecule has 0 spiro atoms. The van der Waals surface area contributed by atoms with E-state index in [0.717, 1.165) is 37.7 Å². The van der Waals surface area contributed by atoms with E-state index >= 15 is 0 Å². The lowest BCUT2D eigenvalue weighted by Gasteiger charge is -2.20. The minimum Gasteiger partial charge on any atom is -0.405 e. The third-order valence-electron chi connectivity index (χ3n) is 14.5. The highest BCUT2D eigenvalue weighted by Gasteiger charge is 2.22. The molecule has 0 bridgehead atoms. The van der Waals surface area contributed by atoms with Gasteiger partial charge in [0.1, 0.15) is 0 Å². The second-order valence-electron chi connectivity index (χ2n) is 21.0. The highest BCUT2D eigenvalue weighted by molar-refractivity contribution is 5.67. The number of carbonyl (C=O) groups excluding carboxylic acids is 2. The molecule has 1 aromatic carbocycles. The topological polar surface area (TPSA) is 105 Å². The maximum absolute atomic E-state index is 11.6. The molecule has 4 N–H and O–H groups in total. The summed E-state index contributed by atoms with van der Waals surface area (Å²) in [4.78, 5) is 23.3. The Hall–Kier alpha value is -2.24. The number of carbonyl (C=O) groups is 2. The van der Waals surface area contributed by atoms with Gasteiger partial charge in [-0.1, -0.05) is 327 Å². The first-order valence-electron chi connectivity index (χ1n) is 30.0. The number of aryl methyl sites for hydroxylation is 2. The van der Waals surface area contributed by atoms with Crippen LogP contribution in [0.15, 0.2) is 18.2 Å². The number of benzene rings is 1. The molecule has 0 aromatic heterocycles.